The van der Waals surface area contributed by atoms with E-state index in [1.165, 1.54) is 0 Å². The quantitative estimate of drug-likeness (QED) is 0.775. The Balaban J connectivity index is 1.89. The maximum absolute atomic E-state index is 12.2. The van der Waals surface area contributed by atoms with Gasteiger partial charge in [0, 0.05) is 24.1 Å². The predicted molar refractivity (Wildman–Crippen MR) is 76.9 cm³/mol. The number of fused-ring (bicyclic) bond motifs is 1. The molecule has 1 amide bonds. The monoisotopic (exact) mass is 266 g/mol. The zero-order valence-corrected chi connectivity index (χ0v) is 11.3. The van der Waals surface area contributed by atoms with Crippen LogP contribution in [-0.2, 0) is 0 Å². The van der Waals surface area contributed by atoms with Crippen LogP contribution in [0.15, 0.2) is 42.7 Å². The van der Waals surface area contributed by atoms with Gasteiger partial charge in [-0.2, -0.15) is 5.10 Å². The summed E-state index contributed by atoms with van der Waals surface area (Å²) in [5, 5.41) is 7.07. The maximum Gasteiger partial charge on any atom is 0.276 e. The second kappa shape index (κ2) is 4.77. The highest BCUT2D eigenvalue weighted by Gasteiger charge is 2.12. The van der Waals surface area contributed by atoms with Crippen molar-refractivity contribution < 1.29 is 4.79 Å². The lowest BCUT2D eigenvalue weighted by molar-refractivity contribution is 0.102. The van der Waals surface area contributed by atoms with E-state index >= 15 is 0 Å². The fourth-order valence-corrected chi connectivity index (χ4v) is 2.08. The van der Waals surface area contributed by atoms with Crippen LogP contribution in [-0.4, -0.2) is 20.5 Å². The van der Waals surface area contributed by atoms with Crippen molar-refractivity contribution in [2.24, 2.45) is 0 Å². The van der Waals surface area contributed by atoms with Crippen molar-refractivity contribution in [2.75, 3.05) is 5.32 Å². The minimum Gasteiger partial charge on any atom is -0.320 e. The van der Waals surface area contributed by atoms with Crippen molar-refractivity contribution in [2.45, 2.75) is 13.8 Å². The predicted octanol–water partition coefficient (Wildman–Crippen LogP) is 2.60. The van der Waals surface area contributed by atoms with Gasteiger partial charge in [-0.1, -0.05) is 17.7 Å². The zero-order valence-electron chi connectivity index (χ0n) is 11.3. The van der Waals surface area contributed by atoms with Crippen molar-refractivity contribution >= 4 is 17.2 Å². The number of hydrogen-bond acceptors (Lipinski definition) is 3. The molecule has 5 nitrogen and oxygen atoms in total. The molecule has 0 spiro atoms. The third-order valence-electron chi connectivity index (χ3n) is 3.10. The van der Waals surface area contributed by atoms with Gasteiger partial charge >= 0.3 is 0 Å². The Morgan fingerprint density at radius 2 is 2.10 bits per heavy atom. The zero-order chi connectivity index (χ0) is 14.1. The van der Waals surface area contributed by atoms with Gasteiger partial charge in [0.25, 0.3) is 5.91 Å². The molecular formula is C15H14N4O. The maximum atomic E-state index is 12.2. The molecule has 0 unspecified atom stereocenters. The van der Waals surface area contributed by atoms with Gasteiger partial charge in [-0.3, -0.25) is 4.79 Å². The van der Waals surface area contributed by atoms with Gasteiger partial charge in [0.2, 0.25) is 0 Å². The normalized spacial score (nSPS) is 10.7. The molecule has 20 heavy (non-hydrogen) atoms. The summed E-state index contributed by atoms with van der Waals surface area (Å²) in [5.41, 5.74) is 3.99. The average Bonchev–Trinajstić information content (AvgIpc) is 2.86. The van der Waals surface area contributed by atoms with Crippen LogP contribution in [0.2, 0.25) is 0 Å². The van der Waals surface area contributed by atoms with Crippen LogP contribution in [0.1, 0.15) is 21.6 Å². The third kappa shape index (κ3) is 2.25. The fraction of sp³-hybridized carbons (Fsp3) is 0.133. The van der Waals surface area contributed by atoms with Gasteiger partial charge in [0.1, 0.15) is 0 Å². The molecule has 0 radical (unpaired) electrons. The molecular weight excluding hydrogens is 252 g/mol. The molecule has 3 rings (SSSR count). The SMILES string of the molecule is Cc1ccc(NC(=O)c2cc3ncccn3n2)c(C)c1. The number of nitrogens with one attached hydrogen (secondary N) is 1. The number of nitrogens with zero attached hydrogens (tertiary/aromatic N) is 3. The molecule has 1 N–H and O–H groups in total. The number of carbonyl (C=O) groups excluding carboxylic acids is 1. The lowest BCUT2D eigenvalue weighted by atomic mass is 10.1. The number of hydrogen-bond donors (Lipinski definition) is 1. The summed E-state index contributed by atoms with van der Waals surface area (Å²) >= 11 is 0. The number of amides is 1. The average molecular weight is 266 g/mol. The van der Waals surface area contributed by atoms with Gasteiger partial charge in [0.15, 0.2) is 11.3 Å². The number of anilines is 1. The Morgan fingerprint density at radius 1 is 1.25 bits per heavy atom. The highest BCUT2D eigenvalue weighted by Crippen LogP contribution is 2.17. The van der Waals surface area contributed by atoms with Crippen LogP contribution in [0.25, 0.3) is 5.65 Å². The Hall–Kier alpha value is -2.69. The number of rotatable bonds is 2. The smallest absolute Gasteiger partial charge is 0.276 e. The first kappa shape index (κ1) is 12.3. The van der Waals surface area contributed by atoms with Gasteiger partial charge in [-0.05, 0) is 31.5 Å². The number of benzene rings is 1. The van der Waals surface area contributed by atoms with Gasteiger partial charge < -0.3 is 5.32 Å². The summed E-state index contributed by atoms with van der Waals surface area (Å²) in [6, 6.07) is 9.33. The first-order valence-electron chi connectivity index (χ1n) is 6.32. The van der Waals surface area contributed by atoms with Gasteiger partial charge in [-0.15, -0.1) is 0 Å². The van der Waals surface area contributed by atoms with E-state index < -0.39 is 0 Å². The van der Waals surface area contributed by atoms with Crippen molar-refractivity contribution in [3.8, 4) is 0 Å². The minimum atomic E-state index is -0.234. The summed E-state index contributed by atoms with van der Waals surface area (Å²) in [5.74, 6) is -0.234. The molecule has 3 aromatic rings. The molecule has 2 heterocycles. The molecule has 0 aliphatic carbocycles. The van der Waals surface area contributed by atoms with Crippen LogP contribution in [0.5, 0.6) is 0 Å². The lowest BCUT2D eigenvalue weighted by Gasteiger charge is -2.07. The second-order valence-electron chi connectivity index (χ2n) is 4.72. The Kier molecular flexibility index (Phi) is 2.95. The largest absolute Gasteiger partial charge is 0.320 e. The molecule has 0 fully saturated rings. The number of aryl methyl sites for hydroxylation is 2. The molecule has 0 bridgehead atoms. The molecule has 2 aromatic heterocycles. The summed E-state index contributed by atoms with van der Waals surface area (Å²) in [7, 11) is 0. The molecule has 0 saturated heterocycles. The summed E-state index contributed by atoms with van der Waals surface area (Å²) in [6.45, 7) is 3.99. The minimum absolute atomic E-state index is 0.234. The van der Waals surface area contributed by atoms with Crippen molar-refractivity contribution in [1.29, 1.82) is 0 Å². The molecule has 100 valence electrons. The van der Waals surface area contributed by atoms with E-state index in [0.717, 1.165) is 16.8 Å². The highest BCUT2D eigenvalue weighted by molar-refractivity contribution is 6.03. The van der Waals surface area contributed by atoms with Gasteiger partial charge in [-0.25, -0.2) is 9.50 Å². The van der Waals surface area contributed by atoms with Crippen molar-refractivity contribution in [3.05, 3.63) is 59.5 Å². The fourth-order valence-electron chi connectivity index (χ4n) is 2.08. The van der Waals surface area contributed by atoms with Crippen LogP contribution in [0.3, 0.4) is 0 Å². The molecule has 0 aliphatic rings. The van der Waals surface area contributed by atoms with Gasteiger partial charge in [0.05, 0.1) is 0 Å². The topological polar surface area (TPSA) is 59.3 Å². The lowest BCUT2D eigenvalue weighted by Crippen LogP contribution is -2.13. The van der Waals surface area contributed by atoms with E-state index in [1.807, 2.05) is 32.0 Å². The second-order valence-corrected chi connectivity index (χ2v) is 4.72. The highest BCUT2D eigenvalue weighted by atomic mass is 16.1. The Bertz CT molecular complexity index is 758. The van der Waals surface area contributed by atoms with Crippen molar-refractivity contribution in [1.82, 2.24) is 14.6 Å². The van der Waals surface area contributed by atoms with Crippen LogP contribution >= 0.6 is 0 Å². The molecule has 0 aliphatic heterocycles. The molecule has 0 atom stereocenters. The van der Waals surface area contributed by atoms with E-state index in [2.05, 4.69) is 15.4 Å². The van der Waals surface area contributed by atoms with E-state index in [4.69, 9.17) is 0 Å². The van der Waals surface area contributed by atoms with E-state index in [-0.39, 0.29) is 5.91 Å². The first-order chi connectivity index (χ1) is 9.63. The summed E-state index contributed by atoms with van der Waals surface area (Å²) in [4.78, 5) is 16.3. The number of carbonyl (C=O) groups is 1. The van der Waals surface area contributed by atoms with Crippen molar-refractivity contribution in [3.63, 3.8) is 0 Å². The van der Waals surface area contributed by atoms with Crippen LogP contribution in [0.4, 0.5) is 5.69 Å². The van der Waals surface area contributed by atoms with Crippen LogP contribution < -0.4 is 5.32 Å². The number of aromatic nitrogens is 3. The Morgan fingerprint density at radius 3 is 2.85 bits per heavy atom. The summed E-state index contributed by atoms with van der Waals surface area (Å²) in [6.07, 6.45) is 3.43. The molecule has 5 heteroatoms. The Labute approximate surface area is 116 Å². The van der Waals surface area contributed by atoms with Crippen LogP contribution in [0, 0.1) is 13.8 Å². The van der Waals surface area contributed by atoms with E-state index in [9.17, 15) is 4.79 Å². The third-order valence-corrected chi connectivity index (χ3v) is 3.10. The van der Waals surface area contributed by atoms with E-state index in [0.29, 0.717) is 11.3 Å². The first-order valence-corrected chi connectivity index (χ1v) is 6.32. The van der Waals surface area contributed by atoms with E-state index in [1.54, 1.807) is 29.0 Å². The summed E-state index contributed by atoms with van der Waals surface area (Å²) < 4.78 is 1.58. The molecule has 1 aromatic carbocycles. The standard InChI is InChI=1S/C15H14N4O/c1-10-4-5-12(11(2)8-10)17-15(20)13-9-14-16-6-3-7-19(14)18-13/h3-9H,1-2H3,(H,17,20). The molecule has 0 saturated carbocycles.